The molecule has 0 aromatic heterocycles. The van der Waals surface area contributed by atoms with Crippen molar-refractivity contribution in [2.75, 3.05) is 0 Å². The lowest BCUT2D eigenvalue weighted by Gasteiger charge is -2.17. The van der Waals surface area contributed by atoms with Gasteiger partial charge in [0, 0.05) is 12.0 Å². The van der Waals surface area contributed by atoms with E-state index in [2.05, 4.69) is 0 Å². The number of rotatable bonds is 3. The number of carbonyl (C=O) groups excluding carboxylic acids is 2. The van der Waals surface area contributed by atoms with E-state index >= 15 is 0 Å². The molecule has 1 aromatic rings. The monoisotopic (exact) mass is 233 g/mol. The van der Waals surface area contributed by atoms with Gasteiger partial charge in [-0.15, -0.1) is 0 Å². The third-order valence-corrected chi connectivity index (χ3v) is 2.95. The number of hydrogen-bond acceptors (Lipinski definition) is 3. The van der Waals surface area contributed by atoms with Crippen molar-refractivity contribution < 1.29 is 14.3 Å². The fraction of sp³-hybridized carbons (Fsp3) is 0.385. The maximum Gasteiger partial charge on any atom is 0.258 e. The number of Topliss-reactive ketones (excluding diaryl/α,β-unsaturated/α-hetero) is 1. The second-order valence-electron chi connectivity index (χ2n) is 4.26. The molecule has 1 aliphatic rings. The van der Waals surface area contributed by atoms with Crippen LogP contribution in [-0.4, -0.2) is 17.8 Å². The van der Waals surface area contributed by atoms with Gasteiger partial charge in [-0.25, -0.2) is 0 Å². The molecule has 0 fully saturated rings. The average molecular weight is 233 g/mol. The number of nitrogens with two attached hydrogens (primary N) is 1. The van der Waals surface area contributed by atoms with Crippen LogP contribution in [0.3, 0.4) is 0 Å². The van der Waals surface area contributed by atoms with Gasteiger partial charge in [-0.1, -0.05) is 6.07 Å². The number of ketones is 1. The molecule has 0 heterocycles. The van der Waals surface area contributed by atoms with Gasteiger partial charge in [0.15, 0.2) is 11.9 Å². The van der Waals surface area contributed by atoms with Crippen LogP contribution < -0.4 is 10.5 Å². The largest absolute Gasteiger partial charge is 0.481 e. The van der Waals surface area contributed by atoms with E-state index in [1.807, 2.05) is 6.07 Å². The lowest BCUT2D eigenvalue weighted by atomic mass is 9.90. The van der Waals surface area contributed by atoms with E-state index in [0.717, 1.165) is 18.4 Å². The Bertz CT molecular complexity index is 468. The van der Waals surface area contributed by atoms with Crippen LogP contribution in [0.5, 0.6) is 5.75 Å². The molecule has 1 atom stereocenters. The summed E-state index contributed by atoms with van der Waals surface area (Å²) in [6.45, 7) is 1.59. The molecule has 0 aliphatic heterocycles. The van der Waals surface area contributed by atoms with E-state index in [1.54, 1.807) is 19.1 Å². The third-order valence-electron chi connectivity index (χ3n) is 2.95. The van der Waals surface area contributed by atoms with Crippen molar-refractivity contribution in [1.29, 1.82) is 0 Å². The van der Waals surface area contributed by atoms with E-state index in [-0.39, 0.29) is 5.78 Å². The van der Waals surface area contributed by atoms with E-state index in [4.69, 9.17) is 10.5 Å². The Labute approximate surface area is 99.8 Å². The van der Waals surface area contributed by atoms with E-state index in [1.165, 1.54) is 0 Å². The van der Waals surface area contributed by atoms with Crippen molar-refractivity contribution in [3.63, 3.8) is 0 Å². The first-order valence-electron chi connectivity index (χ1n) is 5.70. The van der Waals surface area contributed by atoms with E-state index in [0.29, 0.717) is 17.7 Å². The van der Waals surface area contributed by atoms with Crippen LogP contribution in [0.1, 0.15) is 35.7 Å². The Kier molecular flexibility index (Phi) is 3.13. The van der Waals surface area contributed by atoms with Crippen molar-refractivity contribution in [3.8, 4) is 5.75 Å². The van der Waals surface area contributed by atoms with Crippen molar-refractivity contribution in [3.05, 3.63) is 29.3 Å². The normalized spacial score (nSPS) is 16.2. The lowest BCUT2D eigenvalue weighted by molar-refractivity contribution is -0.123. The first-order chi connectivity index (χ1) is 8.08. The Morgan fingerprint density at radius 1 is 1.41 bits per heavy atom. The number of carbonyl (C=O) groups is 2. The summed E-state index contributed by atoms with van der Waals surface area (Å²) in [6, 6.07) is 5.36. The molecule has 0 saturated carbocycles. The summed E-state index contributed by atoms with van der Waals surface area (Å²) < 4.78 is 5.36. The molecule has 90 valence electrons. The van der Waals surface area contributed by atoms with Gasteiger partial charge in [-0.3, -0.25) is 9.59 Å². The van der Waals surface area contributed by atoms with E-state index < -0.39 is 12.0 Å². The first kappa shape index (κ1) is 11.6. The molecule has 1 aliphatic carbocycles. The van der Waals surface area contributed by atoms with Gasteiger partial charge in [0.05, 0.1) is 0 Å². The lowest BCUT2D eigenvalue weighted by Crippen LogP contribution is -2.30. The molecule has 2 N–H and O–H groups in total. The summed E-state index contributed by atoms with van der Waals surface area (Å²) in [5, 5.41) is 0. The summed E-state index contributed by atoms with van der Waals surface area (Å²) in [5.74, 6) is 0.141. The molecule has 0 bridgehead atoms. The van der Waals surface area contributed by atoms with Crippen LogP contribution in [0.2, 0.25) is 0 Å². The predicted octanol–water partition coefficient (Wildman–Crippen LogP) is 1.46. The summed E-state index contributed by atoms with van der Waals surface area (Å²) in [6.07, 6.45) is 1.73. The first-order valence-corrected chi connectivity index (χ1v) is 5.70. The maximum absolute atomic E-state index is 11.7. The van der Waals surface area contributed by atoms with Gasteiger partial charge in [0.25, 0.3) is 5.91 Å². The van der Waals surface area contributed by atoms with Gasteiger partial charge in [0.1, 0.15) is 5.75 Å². The van der Waals surface area contributed by atoms with Crippen LogP contribution in [0.15, 0.2) is 18.2 Å². The van der Waals surface area contributed by atoms with Crippen molar-refractivity contribution in [2.24, 2.45) is 5.73 Å². The Balaban J connectivity index is 2.23. The van der Waals surface area contributed by atoms with Gasteiger partial charge in [-0.05, 0) is 37.5 Å². The fourth-order valence-corrected chi connectivity index (χ4v) is 1.94. The van der Waals surface area contributed by atoms with Crippen LogP contribution >= 0.6 is 0 Å². The van der Waals surface area contributed by atoms with Crippen molar-refractivity contribution in [1.82, 2.24) is 0 Å². The predicted molar refractivity (Wildman–Crippen MR) is 63.0 cm³/mol. The second-order valence-corrected chi connectivity index (χ2v) is 4.26. The standard InChI is InChI=1S/C13H15NO3/c1-8(13(14)16)17-10-6-5-9-3-2-4-12(15)11(9)7-10/h5-8H,2-4H2,1H3,(H2,14,16). The highest BCUT2D eigenvalue weighted by Crippen LogP contribution is 2.25. The topological polar surface area (TPSA) is 69.4 Å². The maximum atomic E-state index is 11.7. The molecule has 4 heteroatoms. The molecular formula is C13H15NO3. The highest BCUT2D eigenvalue weighted by Gasteiger charge is 2.18. The number of primary amides is 1. The summed E-state index contributed by atoms with van der Waals surface area (Å²) in [4.78, 5) is 22.6. The highest BCUT2D eigenvalue weighted by molar-refractivity contribution is 5.98. The highest BCUT2D eigenvalue weighted by atomic mass is 16.5. The van der Waals surface area contributed by atoms with Crippen LogP contribution in [-0.2, 0) is 11.2 Å². The molecule has 4 nitrogen and oxygen atoms in total. The number of fused-ring (bicyclic) bond motifs is 1. The Hall–Kier alpha value is -1.84. The zero-order valence-electron chi connectivity index (χ0n) is 9.73. The van der Waals surface area contributed by atoms with Crippen LogP contribution in [0.25, 0.3) is 0 Å². The zero-order valence-corrected chi connectivity index (χ0v) is 9.73. The molecule has 1 aromatic carbocycles. The Morgan fingerprint density at radius 3 is 2.88 bits per heavy atom. The van der Waals surface area contributed by atoms with E-state index in [9.17, 15) is 9.59 Å². The summed E-state index contributed by atoms with van der Waals surface area (Å²) in [7, 11) is 0. The number of aryl methyl sites for hydroxylation is 1. The molecule has 0 spiro atoms. The van der Waals surface area contributed by atoms with Gasteiger partial charge in [-0.2, -0.15) is 0 Å². The molecule has 0 radical (unpaired) electrons. The molecular weight excluding hydrogens is 218 g/mol. The van der Waals surface area contributed by atoms with Crippen LogP contribution in [0.4, 0.5) is 0 Å². The quantitative estimate of drug-likeness (QED) is 0.859. The number of hydrogen-bond donors (Lipinski definition) is 1. The second kappa shape index (κ2) is 4.57. The smallest absolute Gasteiger partial charge is 0.258 e. The van der Waals surface area contributed by atoms with Crippen molar-refractivity contribution in [2.45, 2.75) is 32.3 Å². The van der Waals surface area contributed by atoms with Crippen molar-refractivity contribution >= 4 is 11.7 Å². The summed E-state index contributed by atoms with van der Waals surface area (Å²) >= 11 is 0. The fourth-order valence-electron chi connectivity index (χ4n) is 1.94. The summed E-state index contributed by atoms with van der Waals surface area (Å²) in [5.41, 5.74) is 6.89. The number of amides is 1. The minimum absolute atomic E-state index is 0.142. The SMILES string of the molecule is CC(Oc1ccc2c(c1)C(=O)CCC2)C(N)=O. The molecule has 17 heavy (non-hydrogen) atoms. The molecule has 2 rings (SSSR count). The molecule has 1 amide bonds. The number of benzene rings is 1. The minimum atomic E-state index is -0.688. The molecule has 0 saturated heterocycles. The third kappa shape index (κ3) is 2.46. The average Bonchev–Trinajstić information content (AvgIpc) is 2.30. The van der Waals surface area contributed by atoms with Gasteiger partial charge < -0.3 is 10.5 Å². The molecule has 1 unspecified atom stereocenters. The van der Waals surface area contributed by atoms with Gasteiger partial charge in [0.2, 0.25) is 0 Å². The number of ether oxygens (including phenoxy) is 1. The zero-order chi connectivity index (χ0) is 12.4. The van der Waals surface area contributed by atoms with Crippen LogP contribution in [0, 0.1) is 0 Å². The van der Waals surface area contributed by atoms with Gasteiger partial charge >= 0.3 is 0 Å². The minimum Gasteiger partial charge on any atom is -0.481 e. The Morgan fingerprint density at radius 2 is 2.18 bits per heavy atom.